The van der Waals surface area contributed by atoms with Crippen molar-refractivity contribution >= 4 is 17.0 Å². The number of rotatable bonds is 1. The summed E-state index contributed by atoms with van der Waals surface area (Å²) >= 11 is 0.992. The van der Waals surface area contributed by atoms with Gasteiger partial charge in [-0.2, -0.15) is 13.2 Å². The number of amides is 1. The Morgan fingerprint density at radius 2 is 2.00 bits per heavy atom. The summed E-state index contributed by atoms with van der Waals surface area (Å²) in [4.78, 5) is 13.5. The lowest BCUT2D eigenvalue weighted by Crippen LogP contribution is -2.27. The van der Waals surface area contributed by atoms with Gasteiger partial charge in [0.1, 0.15) is 5.82 Å². The summed E-state index contributed by atoms with van der Waals surface area (Å²) < 4.78 is 51.6. The molecule has 0 bridgehead atoms. The van der Waals surface area contributed by atoms with Gasteiger partial charge in [0.05, 0.1) is 10.8 Å². The van der Waals surface area contributed by atoms with E-state index in [-0.39, 0.29) is 16.8 Å². The molecule has 7 heteroatoms. The Kier molecular flexibility index (Phi) is 3.19. The number of thioether (sulfide) groups is 1. The van der Waals surface area contributed by atoms with Crippen LogP contribution in [0.5, 0.6) is 0 Å². The minimum absolute atomic E-state index is 0.115. The summed E-state index contributed by atoms with van der Waals surface area (Å²) in [5.74, 6) is -0.917. The summed E-state index contributed by atoms with van der Waals surface area (Å²) in [6, 6.07) is 2.42. The van der Waals surface area contributed by atoms with E-state index in [2.05, 4.69) is 0 Å². The Balaban J connectivity index is 1.98. The monoisotopic (exact) mass is 305 g/mol. The van der Waals surface area contributed by atoms with Crippen LogP contribution in [-0.2, 0) is 6.18 Å². The third-order valence-electron chi connectivity index (χ3n) is 3.69. The molecule has 2 aliphatic heterocycles. The highest BCUT2D eigenvalue weighted by molar-refractivity contribution is 8.14. The van der Waals surface area contributed by atoms with E-state index in [0.717, 1.165) is 36.7 Å². The Hall–Kier alpha value is -1.24. The molecule has 20 heavy (non-hydrogen) atoms. The van der Waals surface area contributed by atoms with Gasteiger partial charge < -0.3 is 4.90 Å². The van der Waals surface area contributed by atoms with Crippen LogP contribution >= 0.6 is 11.8 Å². The van der Waals surface area contributed by atoms with Crippen LogP contribution < -0.4 is 0 Å². The zero-order valence-corrected chi connectivity index (χ0v) is 11.1. The van der Waals surface area contributed by atoms with E-state index in [0.29, 0.717) is 12.6 Å². The van der Waals surface area contributed by atoms with Crippen LogP contribution in [0, 0.1) is 5.82 Å². The van der Waals surface area contributed by atoms with E-state index in [1.54, 1.807) is 4.90 Å². The summed E-state index contributed by atoms with van der Waals surface area (Å²) in [6.45, 7) is 0.633. The minimum atomic E-state index is -4.58. The summed E-state index contributed by atoms with van der Waals surface area (Å²) in [7, 11) is 0. The van der Waals surface area contributed by atoms with E-state index in [9.17, 15) is 22.4 Å². The second kappa shape index (κ2) is 4.65. The fraction of sp³-hybridized carbons (Fsp3) is 0.462. The quantitative estimate of drug-likeness (QED) is 0.724. The largest absolute Gasteiger partial charge is 0.416 e. The maximum absolute atomic E-state index is 13.4. The molecule has 1 aromatic carbocycles. The topological polar surface area (TPSA) is 20.3 Å². The molecule has 0 spiro atoms. The first-order valence-electron chi connectivity index (χ1n) is 6.21. The van der Waals surface area contributed by atoms with Gasteiger partial charge >= 0.3 is 6.18 Å². The summed E-state index contributed by atoms with van der Waals surface area (Å²) in [5, 5.41) is -0.544. The van der Waals surface area contributed by atoms with E-state index in [1.807, 2.05) is 0 Å². The van der Waals surface area contributed by atoms with Crippen molar-refractivity contribution in [1.82, 2.24) is 4.90 Å². The highest BCUT2D eigenvalue weighted by atomic mass is 32.2. The van der Waals surface area contributed by atoms with Gasteiger partial charge in [-0.05, 0) is 36.6 Å². The number of hydrogen-bond acceptors (Lipinski definition) is 2. The second-order valence-electron chi connectivity index (χ2n) is 4.98. The first-order chi connectivity index (χ1) is 9.36. The van der Waals surface area contributed by atoms with Crippen LogP contribution in [0.2, 0.25) is 0 Å². The SMILES string of the molecule is O=C1SC(c2cc(F)cc(C(F)(F)F)c2)C2CCCN12. The van der Waals surface area contributed by atoms with Gasteiger partial charge in [0.15, 0.2) is 0 Å². The molecule has 0 radical (unpaired) electrons. The predicted molar refractivity (Wildman–Crippen MR) is 66.9 cm³/mol. The van der Waals surface area contributed by atoms with Crippen molar-refractivity contribution < 1.29 is 22.4 Å². The number of benzene rings is 1. The third kappa shape index (κ3) is 2.28. The van der Waals surface area contributed by atoms with Crippen molar-refractivity contribution in [3.63, 3.8) is 0 Å². The smallest absolute Gasteiger partial charge is 0.329 e. The van der Waals surface area contributed by atoms with Crippen LogP contribution in [0.15, 0.2) is 18.2 Å². The molecule has 1 aromatic rings. The van der Waals surface area contributed by atoms with Gasteiger partial charge in [-0.1, -0.05) is 11.8 Å². The Labute approximate surface area is 117 Å². The number of carbonyl (C=O) groups is 1. The molecule has 0 saturated carbocycles. The first kappa shape index (κ1) is 13.7. The Bertz CT molecular complexity index is 560. The molecule has 108 valence electrons. The molecule has 2 saturated heterocycles. The lowest BCUT2D eigenvalue weighted by Gasteiger charge is -2.20. The van der Waals surface area contributed by atoms with Crippen molar-refractivity contribution in [2.45, 2.75) is 30.3 Å². The number of carbonyl (C=O) groups excluding carboxylic acids is 1. The van der Waals surface area contributed by atoms with Crippen LogP contribution in [0.4, 0.5) is 22.4 Å². The molecular formula is C13H11F4NOS. The van der Waals surface area contributed by atoms with E-state index >= 15 is 0 Å². The van der Waals surface area contributed by atoms with Gasteiger partial charge in [-0.15, -0.1) is 0 Å². The maximum atomic E-state index is 13.4. The van der Waals surface area contributed by atoms with Crippen molar-refractivity contribution in [2.75, 3.05) is 6.54 Å². The normalized spacial score (nSPS) is 26.2. The average Bonchev–Trinajstić information content (AvgIpc) is 2.92. The number of nitrogens with zero attached hydrogens (tertiary/aromatic N) is 1. The fourth-order valence-electron chi connectivity index (χ4n) is 2.82. The molecule has 0 aliphatic carbocycles. The summed E-state index contributed by atoms with van der Waals surface area (Å²) in [6.07, 6.45) is -2.99. The maximum Gasteiger partial charge on any atom is 0.416 e. The molecule has 0 N–H and O–H groups in total. The van der Waals surface area contributed by atoms with Crippen molar-refractivity contribution in [2.24, 2.45) is 0 Å². The highest BCUT2D eigenvalue weighted by Gasteiger charge is 2.44. The molecule has 2 atom stereocenters. The first-order valence-corrected chi connectivity index (χ1v) is 7.09. The van der Waals surface area contributed by atoms with Crippen LogP contribution in [-0.4, -0.2) is 22.7 Å². The van der Waals surface area contributed by atoms with Gasteiger partial charge in [-0.25, -0.2) is 4.39 Å². The van der Waals surface area contributed by atoms with Gasteiger partial charge in [-0.3, -0.25) is 4.79 Å². The van der Waals surface area contributed by atoms with Crippen LogP contribution in [0.25, 0.3) is 0 Å². The molecule has 2 nitrogen and oxygen atoms in total. The standard InChI is InChI=1S/C13H11F4NOS/c14-9-5-7(4-8(6-9)13(15,16)17)11-10-2-1-3-18(10)12(19)20-11/h4-6,10-11H,1-3H2. The van der Waals surface area contributed by atoms with Crippen molar-refractivity contribution in [1.29, 1.82) is 0 Å². The fourth-order valence-corrected chi connectivity index (χ4v) is 4.11. The lowest BCUT2D eigenvalue weighted by atomic mass is 10.0. The minimum Gasteiger partial charge on any atom is -0.329 e. The predicted octanol–water partition coefficient (Wildman–Crippen LogP) is 4.22. The zero-order valence-electron chi connectivity index (χ0n) is 10.3. The molecule has 2 fully saturated rings. The lowest BCUT2D eigenvalue weighted by molar-refractivity contribution is -0.137. The Morgan fingerprint density at radius 1 is 1.25 bits per heavy atom. The van der Waals surface area contributed by atoms with Gasteiger partial charge in [0.25, 0.3) is 5.24 Å². The summed E-state index contributed by atoms with van der Waals surface area (Å²) in [5.41, 5.74) is -0.762. The second-order valence-corrected chi connectivity index (χ2v) is 6.07. The third-order valence-corrected chi connectivity index (χ3v) is 4.96. The average molecular weight is 305 g/mol. The molecule has 2 aliphatic rings. The number of hydrogen-bond donors (Lipinski definition) is 0. The number of alkyl halides is 3. The zero-order chi connectivity index (χ0) is 14.5. The van der Waals surface area contributed by atoms with E-state index in [1.165, 1.54) is 0 Å². The Morgan fingerprint density at radius 3 is 2.70 bits per heavy atom. The highest BCUT2D eigenvalue weighted by Crippen LogP contribution is 2.48. The molecule has 1 amide bonds. The molecule has 2 unspecified atom stereocenters. The molecule has 2 heterocycles. The number of fused-ring (bicyclic) bond motifs is 1. The van der Waals surface area contributed by atoms with Crippen LogP contribution in [0.1, 0.15) is 29.2 Å². The molecule has 3 rings (SSSR count). The van der Waals surface area contributed by atoms with E-state index < -0.39 is 22.8 Å². The van der Waals surface area contributed by atoms with Gasteiger partial charge in [0.2, 0.25) is 0 Å². The van der Waals surface area contributed by atoms with E-state index in [4.69, 9.17) is 0 Å². The molecule has 0 aromatic heterocycles. The molecular weight excluding hydrogens is 294 g/mol. The van der Waals surface area contributed by atoms with Crippen LogP contribution in [0.3, 0.4) is 0 Å². The van der Waals surface area contributed by atoms with Crippen molar-refractivity contribution in [3.05, 3.63) is 35.1 Å². The number of halogens is 4. The van der Waals surface area contributed by atoms with Crippen molar-refractivity contribution in [3.8, 4) is 0 Å². The van der Waals surface area contributed by atoms with Gasteiger partial charge in [0, 0.05) is 12.6 Å².